The lowest BCUT2D eigenvalue weighted by atomic mass is 10.3. The molecule has 2 rings (SSSR count). The summed E-state index contributed by atoms with van der Waals surface area (Å²) in [5.74, 6) is -1.74. The number of amides is 1. The van der Waals surface area contributed by atoms with Gasteiger partial charge in [0.2, 0.25) is 0 Å². The van der Waals surface area contributed by atoms with Gasteiger partial charge in [-0.1, -0.05) is 13.3 Å². The Bertz CT molecular complexity index is 676. The van der Waals surface area contributed by atoms with Gasteiger partial charge >= 0.3 is 0 Å². The smallest absolute Gasteiger partial charge is 0.274 e. The molecule has 0 aliphatic heterocycles. The minimum Gasteiger partial charge on any atom is -0.340 e. The lowest BCUT2D eigenvalue weighted by Gasteiger charge is -2.15. The third-order valence-electron chi connectivity index (χ3n) is 3.27. The van der Waals surface area contributed by atoms with Crippen molar-refractivity contribution in [3.63, 3.8) is 0 Å². The number of rotatable bonds is 6. The maximum atomic E-state index is 13.1. The largest absolute Gasteiger partial charge is 0.340 e. The van der Waals surface area contributed by atoms with Crippen LogP contribution in [0.15, 0.2) is 30.3 Å². The van der Waals surface area contributed by atoms with Crippen LogP contribution in [0.5, 0.6) is 0 Å². The topological polar surface area (TPSA) is 58.1 Å². The number of benzene rings is 1. The van der Waals surface area contributed by atoms with Crippen LogP contribution >= 0.6 is 0 Å². The lowest BCUT2D eigenvalue weighted by molar-refractivity contribution is 0.0786. The minimum absolute atomic E-state index is 0.203. The van der Waals surface area contributed by atoms with E-state index < -0.39 is 11.6 Å². The third-order valence-corrected chi connectivity index (χ3v) is 3.27. The molecule has 0 saturated heterocycles. The molecule has 5 nitrogen and oxygen atoms in total. The predicted octanol–water partition coefficient (Wildman–Crippen LogP) is 3.37. The first-order valence-electron chi connectivity index (χ1n) is 7.32. The molecule has 1 amide bonds. The summed E-state index contributed by atoms with van der Waals surface area (Å²) < 4.78 is 26.0. The molecule has 0 fully saturated rings. The molecule has 0 aliphatic rings. The number of aromatic nitrogens is 2. The molecule has 0 spiro atoms. The molecule has 0 radical (unpaired) electrons. The van der Waals surface area contributed by atoms with Crippen LogP contribution < -0.4 is 5.32 Å². The maximum absolute atomic E-state index is 13.1. The minimum atomic E-state index is -0.952. The molecule has 1 heterocycles. The zero-order valence-electron chi connectivity index (χ0n) is 13.0. The predicted molar refractivity (Wildman–Crippen MR) is 83.5 cm³/mol. The van der Waals surface area contributed by atoms with Gasteiger partial charge in [-0.05, 0) is 30.7 Å². The fourth-order valence-electron chi connectivity index (χ4n) is 1.93. The molecule has 0 aliphatic carbocycles. The van der Waals surface area contributed by atoms with Crippen molar-refractivity contribution in [2.45, 2.75) is 19.8 Å². The first-order chi connectivity index (χ1) is 11.0. The Hall–Kier alpha value is -2.57. The van der Waals surface area contributed by atoms with E-state index in [0.717, 1.165) is 25.0 Å². The molecule has 23 heavy (non-hydrogen) atoms. The fraction of sp³-hybridized carbons (Fsp3) is 0.312. The van der Waals surface area contributed by atoms with Crippen molar-refractivity contribution >= 4 is 17.4 Å². The van der Waals surface area contributed by atoms with Crippen molar-refractivity contribution in [2.75, 3.05) is 18.9 Å². The number of carbonyl (C=O) groups excluding carboxylic acids is 1. The van der Waals surface area contributed by atoms with Crippen molar-refractivity contribution in [3.05, 3.63) is 47.7 Å². The van der Waals surface area contributed by atoms with Crippen LogP contribution in [0.3, 0.4) is 0 Å². The summed E-state index contributed by atoms with van der Waals surface area (Å²) in [5.41, 5.74) is 0.580. The molecule has 122 valence electrons. The van der Waals surface area contributed by atoms with E-state index in [9.17, 15) is 13.6 Å². The van der Waals surface area contributed by atoms with Gasteiger partial charge in [0.15, 0.2) is 23.1 Å². The summed E-state index contributed by atoms with van der Waals surface area (Å²) in [7, 11) is 1.72. The maximum Gasteiger partial charge on any atom is 0.274 e. The van der Waals surface area contributed by atoms with Gasteiger partial charge < -0.3 is 10.2 Å². The second-order valence-electron chi connectivity index (χ2n) is 5.14. The SMILES string of the molecule is CCCCN(C)C(=O)c1ccc(Nc2ccc(F)c(F)c2)nn1. The van der Waals surface area contributed by atoms with Gasteiger partial charge in [-0.25, -0.2) is 8.78 Å². The van der Waals surface area contributed by atoms with E-state index in [2.05, 4.69) is 22.4 Å². The number of unbranched alkanes of at least 4 members (excludes halogenated alkanes) is 1. The average molecular weight is 320 g/mol. The van der Waals surface area contributed by atoms with Crippen molar-refractivity contribution in [1.29, 1.82) is 0 Å². The monoisotopic (exact) mass is 320 g/mol. The Morgan fingerprint density at radius 2 is 1.96 bits per heavy atom. The van der Waals surface area contributed by atoms with E-state index in [0.29, 0.717) is 18.1 Å². The number of carbonyl (C=O) groups is 1. The van der Waals surface area contributed by atoms with Gasteiger partial charge in [0.05, 0.1) is 0 Å². The van der Waals surface area contributed by atoms with Crippen LogP contribution in [0.2, 0.25) is 0 Å². The van der Waals surface area contributed by atoms with E-state index in [4.69, 9.17) is 0 Å². The number of anilines is 2. The van der Waals surface area contributed by atoms with Crippen molar-refractivity contribution in [3.8, 4) is 0 Å². The summed E-state index contributed by atoms with van der Waals surface area (Å²) in [5, 5.41) is 10.6. The highest BCUT2D eigenvalue weighted by atomic mass is 19.2. The first-order valence-corrected chi connectivity index (χ1v) is 7.32. The highest BCUT2D eigenvalue weighted by Gasteiger charge is 2.13. The number of hydrogen-bond acceptors (Lipinski definition) is 4. The number of nitrogens with zero attached hydrogens (tertiary/aromatic N) is 3. The van der Waals surface area contributed by atoms with Gasteiger partial charge in [-0.15, -0.1) is 10.2 Å². The summed E-state index contributed by atoms with van der Waals surface area (Å²) >= 11 is 0. The van der Waals surface area contributed by atoms with E-state index in [1.54, 1.807) is 24.1 Å². The van der Waals surface area contributed by atoms with Crippen molar-refractivity contribution < 1.29 is 13.6 Å². The Morgan fingerprint density at radius 1 is 1.17 bits per heavy atom. The zero-order valence-corrected chi connectivity index (χ0v) is 13.0. The highest BCUT2D eigenvalue weighted by molar-refractivity contribution is 5.92. The first kappa shape index (κ1) is 16.8. The summed E-state index contributed by atoms with van der Waals surface area (Å²) in [6.07, 6.45) is 1.92. The molecular weight excluding hydrogens is 302 g/mol. The van der Waals surface area contributed by atoms with E-state index in [1.165, 1.54) is 6.07 Å². The van der Waals surface area contributed by atoms with Crippen molar-refractivity contribution in [1.82, 2.24) is 15.1 Å². The lowest BCUT2D eigenvalue weighted by Crippen LogP contribution is -2.28. The van der Waals surface area contributed by atoms with Crippen LogP contribution in [0.4, 0.5) is 20.3 Å². The molecular formula is C16H18F2N4O. The van der Waals surface area contributed by atoms with Gasteiger partial charge in [0, 0.05) is 25.3 Å². The van der Waals surface area contributed by atoms with Gasteiger partial charge in [-0.3, -0.25) is 4.79 Å². The molecule has 0 unspecified atom stereocenters. The number of nitrogens with one attached hydrogen (secondary N) is 1. The molecule has 0 saturated carbocycles. The summed E-state index contributed by atoms with van der Waals surface area (Å²) in [6, 6.07) is 6.53. The Balaban J connectivity index is 2.04. The normalized spacial score (nSPS) is 10.4. The van der Waals surface area contributed by atoms with Gasteiger partial charge in [0.25, 0.3) is 5.91 Å². The second kappa shape index (κ2) is 7.62. The van der Waals surface area contributed by atoms with E-state index >= 15 is 0 Å². The molecule has 1 N–H and O–H groups in total. The second-order valence-corrected chi connectivity index (χ2v) is 5.14. The van der Waals surface area contributed by atoms with Crippen LogP contribution in [-0.2, 0) is 0 Å². The highest BCUT2D eigenvalue weighted by Crippen LogP contribution is 2.17. The fourth-order valence-corrected chi connectivity index (χ4v) is 1.93. The Kier molecular flexibility index (Phi) is 5.56. The molecule has 7 heteroatoms. The number of hydrogen-bond donors (Lipinski definition) is 1. The molecule has 1 aromatic heterocycles. The molecule has 0 atom stereocenters. The van der Waals surface area contributed by atoms with Crippen LogP contribution in [-0.4, -0.2) is 34.6 Å². The number of halogens is 2. The standard InChI is InChI=1S/C16H18F2N4O/c1-3-4-9-22(2)16(23)14-7-8-15(21-20-14)19-11-5-6-12(17)13(18)10-11/h5-8,10H,3-4,9H2,1-2H3,(H,19,21). The quantitative estimate of drug-likeness (QED) is 0.886. The summed E-state index contributed by atoms with van der Waals surface area (Å²) in [6.45, 7) is 2.71. The molecule has 2 aromatic rings. The van der Waals surface area contributed by atoms with Crippen LogP contribution in [0.1, 0.15) is 30.3 Å². The van der Waals surface area contributed by atoms with Crippen LogP contribution in [0.25, 0.3) is 0 Å². The Morgan fingerprint density at radius 3 is 2.57 bits per heavy atom. The van der Waals surface area contributed by atoms with Gasteiger partial charge in [0.1, 0.15) is 0 Å². The van der Waals surface area contributed by atoms with Crippen LogP contribution in [0, 0.1) is 11.6 Å². The van der Waals surface area contributed by atoms with Gasteiger partial charge in [-0.2, -0.15) is 0 Å². The Labute approximate surface area is 133 Å². The molecule has 1 aromatic carbocycles. The average Bonchev–Trinajstić information content (AvgIpc) is 2.56. The van der Waals surface area contributed by atoms with Crippen molar-refractivity contribution in [2.24, 2.45) is 0 Å². The third kappa shape index (κ3) is 4.45. The summed E-state index contributed by atoms with van der Waals surface area (Å²) in [4.78, 5) is 13.7. The molecule has 0 bridgehead atoms. The van der Waals surface area contributed by atoms with E-state index in [-0.39, 0.29) is 11.6 Å². The zero-order chi connectivity index (χ0) is 16.8. The van der Waals surface area contributed by atoms with E-state index in [1.807, 2.05) is 0 Å².